The standard InChI is InChI=1S/C15H22N4O3S/c1-11(2)8-18-5-6-19(14-10-23(21,22)9-13(14)18)15(20)12-7-16-3-4-17-12/h3-4,7,11,13-14H,5-6,8-10H2,1-2H3/t13-,14+/m0/s1. The Morgan fingerprint density at radius 2 is 2.00 bits per heavy atom. The molecule has 2 atom stereocenters. The first-order valence-electron chi connectivity index (χ1n) is 7.89. The highest BCUT2D eigenvalue weighted by Crippen LogP contribution is 2.28. The number of rotatable bonds is 3. The van der Waals surface area contributed by atoms with E-state index >= 15 is 0 Å². The molecule has 0 unspecified atom stereocenters. The molecular weight excluding hydrogens is 316 g/mol. The molecule has 1 aromatic rings. The van der Waals surface area contributed by atoms with Crippen LogP contribution < -0.4 is 0 Å². The maximum Gasteiger partial charge on any atom is 0.274 e. The molecule has 7 nitrogen and oxygen atoms in total. The zero-order valence-electron chi connectivity index (χ0n) is 13.4. The Hall–Kier alpha value is -1.54. The lowest BCUT2D eigenvalue weighted by Crippen LogP contribution is -2.61. The van der Waals surface area contributed by atoms with Crippen LogP contribution in [0.2, 0.25) is 0 Å². The van der Waals surface area contributed by atoms with E-state index in [1.165, 1.54) is 18.6 Å². The van der Waals surface area contributed by atoms with Gasteiger partial charge in [-0.3, -0.25) is 14.7 Å². The lowest BCUT2D eigenvalue weighted by atomic mass is 10.0. The van der Waals surface area contributed by atoms with Crippen molar-refractivity contribution in [3.63, 3.8) is 0 Å². The molecule has 3 rings (SSSR count). The Bertz CT molecular complexity index is 677. The van der Waals surface area contributed by atoms with Crippen LogP contribution >= 0.6 is 0 Å². The van der Waals surface area contributed by atoms with E-state index in [0.717, 1.165) is 6.54 Å². The molecule has 8 heteroatoms. The van der Waals surface area contributed by atoms with E-state index in [2.05, 4.69) is 28.7 Å². The van der Waals surface area contributed by atoms with Crippen molar-refractivity contribution in [3.8, 4) is 0 Å². The summed E-state index contributed by atoms with van der Waals surface area (Å²) in [7, 11) is -3.12. The van der Waals surface area contributed by atoms with Gasteiger partial charge in [0.05, 0.1) is 23.7 Å². The normalized spacial score (nSPS) is 27.2. The van der Waals surface area contributed by atoms with E-state index in [9.17, 15) is 13.2 Å². The van der Waals surface area contributed by atoms with Crippen molar-refractivity contribution >= 4 is 15.7 Å². The highest BCUT2D eigenvalue weighted by Gasteiger charge is 2.48. The van der Waals surface area contributed by atoms with Crippen molar-refractivity contribution < 1.29 is 13.2 Å². The summed E-state index contributed by atoms with van der Waals surface area (Å²) in [5.41, 5.74) is 0.271. The van der Waals surface area contributed by atoms with E-state index < -0.39 is 9.84 Å². The highest BCUT2D eigenvalue weighted by molar-refractivity contribution is 7.91. The van der Waals surface area contributed by atoms with Gasteiger partial charge in [0.25, 0.3) is 5.91 Å². The maximum absolute atomic E-state index is 12.7. The Morgan fingerprint density at radius 3 is 2.65 bits per heavy atom. The van der Waals surface area contributed by atoms with Gasteiger partial charge in [-0.25, -0.2) is 13.4 Å². The van der Waals surface area contributed by atoms with Crippen LogP contribution in [0.5, 0.6) is 0 Å². The van der Waals surface area contributed by atoms with Crippen LogP contribution in [0.25, 0.3) is 0 Å². The van der Waals surface area contributed by atoms with Gasteiger partial charge in [-0.2, -0.15) is 0 Å². The van der Waals surface area contributed by atoms with Crippen molar-refractivity contribution in [1.82, 2.24) is 19.8 Å². The molecular formula is C15H22N4O3S. The molecule has 3 heterocycles. The zero-order valence-corrected chi connectivity index (χ0v) is 14.2. The second kappa shape index (κ2) is 6.16. The maximum atomic E-state index is 12.7. The monoisotopic (exact) mass is 338 g/mol. The average Bonchev–Trinajstić information content (AvgIpc) is 2.83. The minimum absolute atomic E-state index is 0.0399. The second-order valence-electron chi connectivity index (χ2n) is 6.69. The third-order valence-electron chi connectivity index (χ3n) is 4.43. The molecule has 2 saturated heterocycles. The third kappa shape index (κ3) is 3.37. The number of carbonyl (C=O) groups is 1. The molecule has 126 valence electrons. The number of nitrogens with zero attached hydrogens (tertiary/aromatic N) is 4. The number of hydrogen-bond acceptors (Lipinski definition) is 6. The number of aromatic nitrogens is 2. The minimum atomic E-state index is -3.12. The summed E-state index contributed by atoms with van der Waals surface area (Å²) in [5.74, 6) is 0.406. The van der Waals surface area contributed by atoms with E-state index in [4.69, 9.17) is 0 Å². The molecule has 23 heavy (non-hydrogen) atoms. The quantitative estimate of drug-likeness (QED) is 0.775. The van der Waals surface area contributed by atoms with Gasteiger partial charge in [0, 0.05) is 38.1 Å². The van der Waals surface area contributed by atoms with Crippen LogP contribution in [0.4, 0.5) is 0 Å². The molecule has 2 aliphatic heterocycles. The van der Waals surface area contributed by atoms with Crippen LogP contribution in [-0.2, 0) is 9.84 Å². The lowest BCUT2D eigenvalue weighted by Gasteiger charge is -2.44. The summed E-state index contributed by atoms with van der Waals surface area (Å²) in [6.45, 7) is 6.31. The zero-order chi connectivity index (χ0) is 16.6. The number of fused-ring (bicyclic) bond motifs is 1. The molecule has 1 aromatic heterocycles. The van der Waals surface area contributed by atoms with Gasteiger partial charge in [-0.15, -0.1) is 0 Å². The summed E-state index contributed by atoms with van der Waals surface area (Å²) in [5, 5.41) is 0. The van der Waals surface area contributed by atoms with Crippen LogP contribution in [-0.4, -0.2) is 77.3 Å². The van der Waals surface area contributed by atoms with Crippen molar-refractivity contribution in [2.24, 2.45) is 5.92 Å². The molecule has 2 aliphatic rings. The van der Waals surface area contributed by atoms with Crippen LogP contribution in [0.3, 0.4) is 0 Å². The van der Waals surface area contributed by atoms with Gasteiger partial charge in [-0.05, 0) is 5.92 Å². The molecule has 0 N–H and O–H groups in total. The fourth-order valence-electron chi connectivity index (χ4n) is 3.53. The Kier molecular flexibility index (Phi) is 4.37. The van der Waals surface area contributed by atoms with Crippen LogP contribution in [0.15, 0.2) is 18.6 Å². The van der Waals surface area contributed by atoms with E-state index in [0.29, 0.717) is 19.0 Å². The first kappa shape index (κ1) is 16.3. The SMILES string of the molecule is CC(C)CN1CCN(C(=O)c2cnccn2)[C@@H]2CS(=O)(=O)C[C@@H]21. The smallest absolute Gasteiger partial charge is 0.274 e. The van der Waals surface area contributed by atoms with Crippen molar-refractivity contribution in [3.05, 3.63) is 24.3 Å². The third-order valence-corrected chi connectivity index (χ3v) is 6.13. The van der Waals surface area contributed by atoms with Crippen LogP contribution in [0.1, 0.15) is 24.3 Å². The van der Waals surface area contributed by atoms with E-state index in [1.54, 1.807) is 4.90 Å². The number of piperazine rings is 1. The van der Waals surface area contributed by atoms with Crippen molar-refractivity contribution in [1.29, 1.82) is 0 Å². The largest absolute Gasteiger partial charge is 0.330 e. The molecule has 0 aromatic carbocycles. The summed E-state index contributed by atoms with van der Waals surface area (Å²) < 4.78 is 24.3. The second-order valence-corrected chi connectivity index (χ2v) is 8.84. The Morgan fingerprint density at radius 1 is 1.26 bits per heavy atom. The number of amides is 1. The van der Waals surface area contributed by atoms with Crippen molar-refractivity contribution in [2.75, 3.05) is 31.1 Å². The summed E-state index contributed by atoms with van der Waals surface area (Å²) in [4.78, 5) is 24.6. The van der Waals surface area contributed by atoms with Crippen molar-refractivity contribution in [2.45, 2.75) is 25.9 Å². The summed E-state index contributed by atoms with van der Waals surface area (Å²) in [6.07, 6.45) is 4.42. The highest BCUT2D eigenvalue weighted by atomic mass is 32.2. The predicted molar refractivity (Wildman–Crippen MR) is 85.7 cm³/mol. The van der Waals surface area contributed by atoms with E-state index in [-0.39, 0.29) is 35.2 Å². The molecule has 2 fully saturated rings. The topological polar surface area (TPSA) is 83.5 Å². The number of hydrogen-bond donors (Lipinski definition) is 0. The fraction of sp³-hybridized carbons (Fsp3) is 0.667. The molecule has 0 saturated carbocycles. The minimum Gasteiger partial charge on any atom is -0.330 e. The first-order valence-corrected chi connectivity index (χ1v) is 9.71. The number of carbonyl (C=O) groups excluding carboxylic acids is 1. The Balaban J connectivity index is 1.85. The predicted octanol–water partition coefficient (Wildman–Crippen LogP) is 0.0560. The number of sulfone groups is 1. The molecule has 1 amide bonds. The first-order chi connectivity index (χ1) is 10.9. The van der Waals surface area contributed by atoms with Gasteiger partial charge < -0.3 is 4.90 Å². The molecule has 0 bridgehead atoms. The molecule has 0 radical (unpaired) electrons. The lowest BCUT2D eigenvalue weighted by molar-refractivity contribution is 0.0292. The fourth-order valence-corrected chi connectivity index (χ4v) is 5.54. The molecule has 0 spiro atoms. The van der Waals surface area contributed by atoms with Gasteiger partial charge >= 0.3 is 0 Å². The van der Waals surface area contributed by atoms with Gasteiger partial charge in [0.2, 0.25) is 0 Å². The van der Waals surface area contributed by atoms with Crippen LogP contribution in [0, 0.1) is 5.92 Å². The average molecular weight is 338 g/mol. The summed E-state index contributed by atoms with van der Waals surface area (Å²) >= 11 is 0. The van der Waals surface area contributed by atoms with Gasteiger partial charge in [-0.1, -0.05) is 13.8 Å². The van der Waals surface area contributed by atoms with E-state index in [1.807, 2.05) is 0 Å². The summed E-state index contributed by atoms with van der Waals surface area (Å²) in [6, 6.07) is -0.404. The molecule has 0 aliphatic carbocycles. The van der Waals surface area contributed by atoms with Gasteiger partial charge in [0.1, 0.15) is 5.69 Å². The van der Waals surface area contributed by atoms with Gasteiger partial charge in [0.15, 0.2) is 9.84 Å². The Labute approximate surface area is 136 Å².